The summed E-state index contributed by atoms with van der Waals surface area (Å²) in [7, 11) is 0. The molecule has 2 atom stereocenters. The molecule has 9 heteroatoms. The number of carbonyl (C=O) groups is 1. The molecular formula is C22H22ClF3N2O2S. The van der Waals surface area contributed by atoms with Crippen molar-refractivity contribution < 1.29 is 23.1 Å². The highest BCUT2D eigenvalue weighted by Crippen LogP contribution is 2.36. The largest absolute Gasteiger partial charge is 0.396 e. The van der Waals surface area contributed by atoms with Crippen LogP contribution in [0.15, 0.2) is 35.2 Å². The monoisotopic (exact) mass is 470 g/mol. The van der Waals surface area contributed by atoms with Gasteiger partial charge >= 0.3 is 0 Å². The van der Waals surface area contributed by atoms with Crippen LogP contribution < -0.4 is 5.32 Å². The number of carbonyl (C=O) groups excluding carboxylic acids is 1. The summed E-state index contributed by atoms with van der Waals surface area (Å²) >= 11 is 7.75. The van der Waals surface area contributed by atoms with Crippen molar-refractivity contribution >= 4 is 35.0 Å². The first-order valence-electron chi connectivity index (χ1n) is 9.65. The molecule has 0 fully saturated rings. The lowest BCUT2D eigenvalue weighted by Gasteiger charge is -2.20. The first kappa shape index (κ1) is 25.1. The SMILES string of the molecule is CC(CC#N)CC(CCCO)Sc1cc(C(=O)Nc2cc(F)c(F)c(F)c2)ccc1Cl. The Kier molecular flexibility index (Phi) is 9.69. The highest BCUT2D eigenvalue weighted by molar-refractivity contribution is 8.00. The second-order valence-corrected chi connectivity index (χ2v) is 8.91. The maximum Gasteiger partial charge on any atom is 0.255 e. The Balaban J connectivity index is 2.19. The summed E-state index contributed by atoms with van der Waals surface area (Å²) in [5.41, 5.74) is -0.000253. The van der Waals surface area contributed by atoms with Crippen molar-refractivity contribution in [1.82, 2.24) is 0 Å². The lowest BCUT2D eigenvalue weighted by atomic mass is 10.0. The zero-order chi connectivity index (χ0) is 23.0. The molecule has 2 N–H and O–H groups in total. The Bertz CT molecular complexity index is 945. The lowest BCUT2D eigenvalue weighted by Crippen LogP contribution is -2.13. The number of hydrogen-bond acceptors (Lipinski definition) is 4. The average Bonchev–Trinajstić information content (AvgIpc) is 2.71. The molecule has 2 aromatic carbocycles. The number of anilines is 1. The smallest absolute Gasteiger partial charge is 0.255 e. The summed E-state index contributed by atoms with van der Waals surface area (Å²) in [5, 5.41) is 20.9. The van der Waals surface area contributed by atoms with Gasteiger partial charge in [0.05, 0.1) is 11.1 Å². The summed E-state index contributed by atoms with van der Waals surface area (Å²) < 4.78 is 39.9. The molecule has 0 bridgehead atoms. The van der Waals surface area contributed by atoms with Gasteiger partial charge in [-0.05, 0) is 43.4 Å². The standard InChI is InChI=1S/C22H22ClF3N2O2S/c1-13(6-7-27)9-16(3-2-8-29)31-20-10-14(4-5-17(20)23)22(30)28-15-11-18(24)21(26)19(25)12-15/h4-5,10-13,16,29H,2-3,6,8-9H2,1H3,(H,28,30). The van der Waals surface area contributed by atoms with Crippen molar-refractivity contribution in [3.63, 3.8) is 0 Å². The van der Waals surface area contributed by atoms with E-state index in [9.17, 15) is 18.0 Å². The van der Waals surface area contributed by atoms with E-state index in [1.165, 1.54) is 17.8 Å². The maximum atomic E-state index is 13.4. The number of aliphatic hydroxyl groups excluding tert-OH is 1. The van der Waals surface area contributed by atoms with E-state index in [0.29, 0.717) is 41.3 Å². The van der Waals surface area contributed by atoms with E-state index in [1.807, 2.05) is 6.92 Å². The van der Waals surface area contributed by atoms with E-state index < -0.39 is 23.4 Å². The van der Waals surface area contributed by atoms with Gasteiger partial charge in [0.15, 0.2) is 17.5 Å². The quantitative estimate of drug-likeness (QED) is 0.321. The third-order valence-corrected chi connectivity index (χ3v) is 6.31. The Morgan fingerprint density at radius 3 is 2.55 bits per heavy atom. The fourth-order valence-electron chi connectivity index (χ4n) is 2.98. The van der Waals surface area contributed by atoms with Gasteiger partial charge in [0.2, 0.25) is 0 Å². The van der Waals surface area contributed by atoms with E-state index in [-0.39, 0.29) is 29.0 Å². The Morgan fingerprint density at radius 1 is 1.26 bits per heavy atom. The first-order valence-corrected chi connectivity index (χ1v) is 10.9. The van der Waals surface area contributed by atoms with Gasteiger partial charge in [0.25, 0.3) is 5.91 Å². The molecule has 0 heterocycles. The summed E-state index contributed by atoms with van der Waals surface area (Å²) in [6.07, 6.45) is 2.45. The normalized spacial score (nSPS) is 12.8. The summed E-state index contributed by atoms with van der Waals surface area (Å²) in [6, 6.07) is 8.13. The number of thioether (sulfide) groups is 1. The zero-order valence-corrected chi connectivity index (χ0v) is 18.4. The Hall–Kier alpha value is -2.21. The highest BCUT2D eigenvalue weighted by Gasteiger charge is 2.18. The minimum atomic E-state index is -1.61. The highest BCUT2D eigenvalue weighted by atomic mass is 35.5. The van der Waals surface area contributed by atoms with Gasteiger partial charge in [-0.25, -0.2) is 13.2 Å². The zero-order valence-electron chi connectivity index (χ0n) is 16.8. The topological polar surface area (TPSA) is 73.1 Å². The van der Waals surface area contributed by atoms with Gasteiger partial charge in [-0.2, -0.15) is 5.26 Å². The van der Waals surface area contributed by atoms with Crippen molar-refractivity contribution in [1.29, 1.82) is 5.26 Å². The van der Waals surface area contributed by atoms with Crippen LogP contribution >= 0.6 is 23.4 Å². The molecule has 4 nitrogen and oxygen atoms in total. The van der Waals surface area contributed by atoms with Crippen LogP contribution in [0.4, 0.5) is 18.9 Å². The number of hydrogen-bond donors (Lipinski definition) is 2. The van der Waals surface area contributed by atoms with Crippen molar-refractivity contribution in [3.05, 3.63) is 58.4 Å². The van der Waals surface area contributed by atoms with E-state index in [1.54, 1.807) is 12.1 Å². The van der Waals surface area contributed by atoms with Gasteiger partial charge in [-0.1, -0.05) is 18.5 Å². The molecule has 0 saturated carbocycles. The predicted molar refractivity (Wildman–Crippen MR) is 116 cm³/mol. The van der Waals surface area contributed by atoms with Gasteiger partial charge in [-0.15, -0.1) is 11.8 Å². The average molecular weight is 471 g/mol. The van der Waals surface area contributed by atoms with Crippen molar-refractivity contribution in [2.45, 2.75) is 42.8 Å². The number of aliphatic hydroxyl groups is 1. The number of amides is 1. The molecule has 0 aliphatic heterocycles. The molecule has 0 aliphatic rings. The fourth-order valence-corrected chi connectivity index (χ4v) is 4.67. The number of nitrogens with zero attached hydrogens (tertiary/aromatic N) is 1. The molecule has 0 aliphatic carbocycles. The number of halogens is 4. The third-order valence-electron chi connectivity index (χ3n) is 4.52. The number of nitrogens with one attached hydrogen (secondary N) is 1. The summed E-state index contributed by atoms with van der Waals surface area (Å²) in [6.45, 7) is 2.02. The Labute approximate surface area is 188 Å². The van der Waals surface area contributed by atoms with Crippen molar-refractivity contribution in [2.24, 2.45) is 5.92 Å². The van der Waals surface area contributed by atoms with Gasteiger partial charge < -0.3 is 10.4 Å². The summed E-state index contributed by atoms with van der Waals surface area (Å²) in [4.78, 5) is 13.2. The summed E-state index contributed by atoms with van der Waals surface area (Å²) in [5.74, 6) is -4.88. The molecule has 31 heavy (non-hydrogen) atoms. The van der Waals surface area contributed by atoms with Gasteiger partial charge in [0, 0.05) is 46.6 Å². The van der Waals surface area contributed by atoms with E-state index in [2.05, 4.69) is 11.4 Å². The first-order chi connectivity index (χ1) is 14.7. The van der Waals surface area contributed by atoms with Gasteiger partial charge in [-0.3, -0.25) is 4.79 Å². The maximum absolute atomic E-state index is 13.4. The number of rotatable bonds is 10. The number of benzene rings is 2. The molecule has 0 spiro atoms. The Morgan fingerprint density at radius 2 is 1.94 bits per heavy atom. The third kappa shape index (κ3) is 7.46. The predicted octanol–water partition coefficient (Wildman–Crippen LogP) is 6.18. The van der Waals surface area contributed by atoms with Crippen LogP contribution in [0.3, 0.4) is 0 Å². The van der Waals surface area contributed by atoms with Crippen LogP contribution in [0.1, 0.15) is 43.0 Å². The van der Waals surface area contributed by atoms with Crippen LogP contribution in [-0.4, -0.2) is 22.9 Å². The molecule has 2 unspecified atom stereocenters. The van der Waals surface area contributed by atoms with E-state index in [0.717, 1.165) is 6.42 Å². The van der Waals surface area contributed by atoms with E-state index in [4.69, 9.17) is 22.0 Å². The van der Waals surface area contributed by atoms with Crippen LogP contribution in [0.5, 0.6) is 0 Å². The molecule has 0 radical (unpaired) electrons. The van der Waals surface area contributed by atoms with Crippen molar-refractivity contribution in [2.75, 3.05) is 11.9 Å². The molecule has 0 aromatic heterocycles. The van der Waals surface area contributed by atoms with E-state index >= 15 is 0 Å². The van der Waals surface area contributed by atoms with Crippen LogP contribution in [-0.2, 0) is 0 Å². The molecule has 2 rings (SSSR count). The van der Waals surface area contributed by atoms with Crippen LogP contribution in [0.25, 0.3) is 0 Å². The minimum Gasteiger partial charge on any atom is -0.396 e. The lowest BCUT2D eigenvalue weighted by molar-refractivity contribution is 0.102. The molecule has 0 saturated heterocycles. The van der Waals surface area contributed by atoms with Crippen molar-refractivity contribution in [3.8, 4) is 6.07 Å². The van der Waals surface area contributed by atoms with Gasteiger partial charge in [0.1, 0.15) is 0 Å². The second-order valence-electron chi connectivity index (χ2n) is 7.16. The van der Waals surface area contributed by atoms with Crippen LogP contribution in [0, 0.1) is 34.7 Å². The molecular weight excluding hydrogens is 449 g/mol. The minimum absolute atomic E-state index is 0.0463. The molecule has 166 valence electrons. The molecule has 2 aromatic rings. The second kappa shape index (κ2) is 12.0. The van der Waals surface area contributed by atoms with Crippen LogP contribution in [0.2, 0.25) is 5.02 Å². The number of nitriles is 1. The molecule has 1 amide bonds. The fraction of sp³-hybridized carbons (Fsp3) is 0.364.